The molecule has 2 rings (SSSR count). The van der Waals surface area contributed by atoms with Gasteiger partial charge in [-0.1, -0.05) is 29.3 Å². The largest absolute Gasteiger partial charge is 0.383 e. The summed E-state index contributed by atoms with van der Waals surface area (Å²) >= 11 is 11.8. The van der Waals surface area contributed by atoms with Crippen LogP contribution >= 0.6 is 23.2 Å². The Morgan fingerprint density at radius 2 is 2.20 bits per heavy atom. The molecule has 20 heavy (non-hydrogen) atoms. The smallest absolute Gasteiger partial charge is 0.214 e. The van der Waals surface area contributed by atoms with Crippen molar-refractivity contribution in [3.05, 3.63) is 51.5 Å². The van der Waals surface area contributed by atoms with Gasteiger partial charge in [0.25, 0.3) is 0 Å². The number of hydrogen-bond donors (Lipinski definition) is 0. The normalized spacial score (nSPS) is 10.8. The molecule has 0 aliphatic heterocycles. The van der Waals surface area contributed by atoms with E-state index in [1.165, 1.54) is 36.2 Å². The fourth-order valence-electron chi connectivity index (χ4n) is 1.74. The van der Waals surface area contributed by atoms with Crippen molar-refractivity contribution in [2.75, 3.05) is 13.7 Å². The number of rotatable bonds is 5. The molecule has 0 radical (unpaired) electrons. The number of carbonyl (C=O) groups excluding carboxylic acids is 1. The molecular weight excluding hydrogens is 306 g/mol. The molecule has 1 heterocycles. The van der Waals surface area contributed by atoms with Crippen LogP contribution in [0.1, 0.15) is 16.1 Å². The number of carbonyl (C=O) groups is 1. The third-order valence-electron chi connectivity index (χ3n) is 2.71. The number of nitrogens with zero attached hydrogens (tertiary/aromatic N) is 2. The Bertz CT molecular complexity index is 643. The minimum atomic E-state index is -0.656. The van der Waals surface area contributed by atoms with Gasteiger partial charge in [0.2, 0.25) is 5.78 Å². The van der Waals surface area contributed by atoms with Gasteiger partial charge in [-0.25, -0.2) is 4.39 Å². The van der Waals surface area contributed by atoms with Crippen molar-refractivity contribution in [3.63, 3.8) is 0 Å². The zero-order valence-electron chi connectivity index (χ0n) is 10.6. The van der Waals surface area contributed by atoms with E-state index < -0.39 is 11.6 Å². The summed E-state index contributed by atoms with van der Waals surface area (Å²) in [6.07, 6.45) is 1.36. The Hall–Kier alpha value is -1.43. The minimum absolute atomic E-state index is 0.0488. The molecule has 0 unspecified atom stereocenters. The second kappa shape index (κ2) is 6.35. The standard InChI is InChI=1S/C13H11Cl2FN2O2/c1-20-6-5-18-12(9(14)7-17-18)13(19)8-3-2-4-10(16)11(8)15/h2-4,7H,5-6H2,1H3. The second-order valence-electron chi connectivity index (χ2n) is 3.99. The summed E-state index contributed by atoms with van der Waals surface area (Å²) in [4.78, 5) is 12.4. The van der Waals surface area contributed by atoms with Gasteiger partial charge in [-0.15, -0.1) is 0 Å². The third kappa shape index (κ3) is 2.85. The fourth-order valence-corrected chi connectivity index (χ4v) is 2.18. The Labute approximate surface area is 125 Å². The van der Waals surface area contributed by atoms with Crippen LogP contribution in [0.25, 0.3) is 0 Å². The van der Waals surface area contributed by atoms with Crippen LogP contribution < -0.4 is 0 Å². The number of hydrogen-bond acceptors (Lipinski definition) is 3. The second-order valence-corrected chi connectivity index (χ2v) is 4.77. The highest BCUT2D eigenvalue weighted by Gasteiger charge is 2.22. The third-order valence-corrected chi connectivity index (χ3v) is 3.37. The molecule has 0 saturated heterocycles. The Kier molecular flexibility index (Phi) is 4.75. The summed E-state index contributed by atoms with van der Waals surface area (Å²) in [6.45, 7) is 0.729. The average Bonchev–Trinajstić information content (AvgIpc) is 2.80. The maximum absolute atomic E-state index is 13.4. The van der Waals surface area contributed by atoms with Crippen molar-refractivity contribution in [2.24, 2.45) is 0 Å². The number of benzene rings is 1. The maximum Gasteiger partial charge on any atom is 0.214 e. The number of ketones is 1. The van der Waals surface area contributed by atoms with Gasteiger partial charge in [0.1, 0.15) is 11.5 Å². The van der Waals surface area contributed by atoms with Crippen LogP contribution in [0.3, 0.4) is 0 Å². The van der Waals surface area contributed by atoms with Gasteiger partial charge in [0.15, 0.2) is 0 Å². The van der Waals surface area contributed by atoms with Crippen molar-refractivity contribution < 1.29 is 13.9 Å². The van der Waals surface area contributed by atoms with Gasteiger partial charge < -0.3 is 4.74 Å². The SMILES string of the molecule is COCCn1ncc(Cl)c1C(=O)c1cccc(F)c1Cl. The molecule has 1 aromatic carbocycles. The molecule has 0 fully saturated rings. The molecule has 106 valence electrons. The van der Waals surface area contributed by atoms with E-state index >= 15 is 0 Å². The summed E-state index contributed by atoms with van der Waals surface area (Å²) in [7, 11) is 1.54. The first-order valence-corrected chi connectivity index (χ1v) is 6.50. The summed E-state index contributed by atoms with van der Waals surface area (Å²) < 4.78 is 19.8. The zero-order chi connectivity index (χ0) is 14.7. The highest BCUT2D eigenvalue weighted by Crippen LogP contribution is 2.25. The number of methoxy groups -OCH3 is 1. The number of ether oxygens (including phenoxy) is 1. The van der Waals surface area contributed by atoms with E-state index in [4.69, 9.17) is 27.9 Å². The highest BCUT2D eigenvalue weighted by atomic mass is 35.5. The molecule has 7 heteroatoms. The summed E-state index contributed by atoms with van der Waals surface area (Å²) in [6, 6.07) is 4.04. The lowest BCUT2D eigenvalue weighted by molar-refractivity contribution is 0.102. The van der Waals surface area contributed by atoms with E-state index in [2.05, 4.69) is 5.10 Å². The summed E-state index contributed by atoms with van der Waals surface area (Å²) in [5.74, 6) is -1.13. The van der Waals surface area contributed by atoms with Gasteiger partial charge in [-0.3, -0.25) is 9.48 Å². The van der Waals surface area contributed by atoms with Gasteiger partial charge in [0.05, 0.1) is 29.4 Å². The predicted octanol–water partition coefficient (Wildman–Crippen LogP) is 3.21. The Balaban J connectivity index is 2.43. The Morgan fingerprint density at radius 1 is 1.45 bits per heavy atom. The molecular formula is C13H11Cl2FN2O2. The molecule has 0 aliphatic rings. The van der Waals surface area contributed by atoms with E-state index in [1.807, 2.05) is 0 Å². The van der Waals surface area contributed by atoms with Gasteiger partial charge in [-0.2, -0.15) is 5.10 Å². The molecule has 0 N–H and O–H groups in total. The molecule has 2 aromatic rings. The molecule has 0 amide bonds. The van der Waals surface area contributed by atoms with Gasteiger partial charge >= 0.3 is 0 Å². The Morgan fingerprint density at radius 3 is 2.90 bits per heavy atom. The van der Waals surface area contributed by atoms with Crippen LogP contribution in [0.4, 0.5) is 4.39 Å². The van der Waals surface area contributed by atoms with E-state index in [0.29, 0.717) is 13.2 Å². The van der Waals surface area contributed by atoms with E-state index in [9.17, 15) is 9.18 Å². The summed E-state index contributed by atoms with van der Waals surface area (Å²) in [5, 5.41) is 3.96. The molecule has 0 aliphatic carbocycles. The molecule has 1 aromatic heterocycles. The van der Waals surface area contributed by atoms with Crippen LogP contribution in [0, 0.1) is 5.82 Å². The topological polar surface area (TPSA) is 44.1 Å². The van der Waals surface area contributed by atoms with Crippen molar-refractivity contribution in [1.29, 1.82) is 0 Å². The number of halogens is 3. The van der Waals surface area contributed by atoms with Crippen LogP contribution in [0.15, 0.2) is 24.4 Å². The molecule has 0 atom stereocenters. The van der Waals surface area contributed by atoms with Crippen molar-refractivity contribution in [3.8, 4) is 0 Å². The quantitative estimate of drug-likeness (QED) is 0.796. The van der Waals surface area contributed by atoms with Gasteiger partial charge in [0, 0.05) is 12.7 Å². The maximum atomic E-state index is 13.4. The first-order valence-electron chi connectivity index (χ1n) is 5.75. The summed E-state index contributed by atoms with van der Waals surface area (Å²) in [5.41, 5.74) is 0.212. The minimum Gasteiger partial charge on any atom is -0.383 e. The molecule has 4 nitrogen and oxygen atoms in total. The van der Waals surface area contributed by atoms with Crippen molar-refractivity contribution in [2.45, 2.75) is 6.54 Å². The van der Waals surface area contributed by atoms with Crippen molar-refractivity contribution >= 4 is 29.0 Å². The average molecular weight is 317 g/mol. The fraction of sp³-hybridized carbons (Fsp3) is 0.231. The van der Waals surface area contributed by atoms with Crippen LogP contribution in [-0.4, -0.2) is 29.3 Å². The van der Waals surface area contributed by atoms with Crippen LogP contribution in [-0.2, 0) is 11.3 Å². The molecule has 0 saturated carbocycles. The van der Waals surface area contributed by atoms with E-state index in [1.54, 1.807) is 0 Å². The van der Waals surface area contributed by atoms with Crippen LogP contribution in [0.2, 0.25) is 10.0 Å². The van der Waals surface area contributed by atoms with E-state index in [0.717, 1.165) is 0 Å². The lowest BCUT2D eigenvalue weighted by Crippen LogP contribution is -2.15. The van der Waals surface area contributed by atoms with Crippen molar-refractivity contribution in [1.82, 2.24) is 9.78 Å². The first-order chi connectivity index (χ1) is 9.56. The first kappa shape index (κ1) is 15.0. The lowest BCUT2D eigenvalue weighted by atomic mass is 10.1. The number of aromatic nitrogens is 2. The van der Waals surface area contributed by atoms with E-state index in [-0.39, 0.29) is 21.3 Å². The van der Waals surface area contributed by atoms with Crippen LogP contribution in [0.5, 0.6) is 0 Å². The predicted molar refractivity (Wildman–Crippen MR) is 74.0 cm³/mol. The zero-order valence-corrected chi connectivity index (χ0v) is 12.1. The lowest BCUT2D eigenvalue weighted by Gasteiger charge is -2.08. The highest BCUT2D eigenvalue weighted by molar-refractivity contribution is 6.37. The monoisotopic (exact) mass is 316 g/mol. The molecule has 0 bridgehead atoms. The van der Waals surface area contributed by atoms with Gasteiger partial charge in [-0.05, 0) is 12.1 Å². The molecule has 0 spiro atoms.